The fourth-order valence-corrected chi connectivity index (χ4v) is 14.3. The lowest BCUT2D eigenvalue weighted by Gasteiger charge is -2.18. The number of fused-ring (bicyclic) bond motifs is 6. The molecular weight excluding hydrogens is 1420 g/mol. The third kappa shape index (κ3) is 14.6. The van der Waals surface area contributed by atoms with Crippen LogP contribution in [0.25, 0.3) is 127 Å². The number of ether oxygens (including phenoxy) is 4. The molecule has 0 aliphatic carbocycles. The highest BCUT2D eigenvalue weighted by atomic mass is 16.5. The van der Waals surface area contributed by atoms with Crippen molar-refractivity contribution in [1.29, 1.82) is 10.5 Å². The van der Waals surface area contributed by atoms with Gasteiger partial charge < -0.3 is 28.1 Å². The van der Waals surface area contributed by atoms with Gasteiger partial charge in [-0.05, 0) is 177 Å². The highest BCUT2D eigenvalue weighted by molar-refractivity contribution is 6.15. The zero-order valence-corrected chi connectivity index (χ0v) is 60.8. The van der Waals surface area contributed by atoms with Crippen LogP contribution >= 0.6 is 0 Å². The molecule has 0 amide bonds. The Morgan fingerprint density at radius 2 is 0.623 bits per heavy atom. The van der Waals surface area contributed by atoms with Crippen LogP contribution in [-0.2, 0) is 45.4 Å². The van der Waals surface area contributed by atoms with E-state index in [1.807, 2.05) is 249 Å². The van der Waals surface area contributed by atoms with Crippen molar-refractivity contribution in [2.45, 2.75) is 26.4 Å². The molecule has 0 fully saturated rings. The van der Waals surface area contributed by atoms with E-state index < -0.39 is 23.9 Å². The number of rotatable bonds is 20. The van der Waals surface area contributed by atoms with E-state index in [2.05, 4.69) is 26.1 Å². The fraction of sp³-hybridized carbons (Fsp3) is 0.0408. The molecule has 17 aromatic rings. The van der Waals surface area contributed by atoms with Crippen molar-refractivity contribution in [3.8, 4) is 91.1 Å². The van der Waals surface area contributed by atoms with E-state index in [0.29, 0.717) is 88.5 Å². The number of nitrogens with zero attached hydrogens (tertiary/aromatic N) is 8. The first-order chi connectivity index (χ1) is 56.0. The first kappa shape index (κ1) is 71.0. The van der Waals surface area contributed by atoms with Gasteiger partial charge in [-0.2, -0.15) is 10.5 Å². The van der Waals surface area contributed by atoms with Gasteiger partial charge in [0.05, 0.1) is 85.5 Å². The molecule has 16 nitrogen and oxygen atoms in total. The van der Waals surface area contributed by atoms with Gasteiger partial charge in [-0.1, -0.05) is 206 Å². The minimum absolute atomic E-state index is 0.0321. The molecule has 16 heteroatoms. The van der Waals surface area contributed by atoms with E-state index >= 15 is 0 Å². The second kappa shape index (κ2) is 31.3. The quantitative estimate of drug-likeness (QED) is 0.0396. The molecule has 0 atom stereocenters. The average Bonchev–Trinajstić information content (AvgIpc) is 1.55. The molecular formula is C98H62N8O8. The summed E-state index contributed by atoms with van der Waals surface area (Å²) in [6.45, 7) is 7.98. The number of esters is 4. The van der Waals surface area contributed by atoms with E-state index in [1.54, 1.807) is 78.9 Å². The number of benzene rings is 14. The maximum Gasteiger partial charge on any atom is 0.338 e. The largest absolute Gasteiger partial charge is 0.457 e. The van der Waals surface area contributed by atoms with E-state index in [0.717, 1.165) is 55.6 Å². The predicted molar refractivity (Wildman–Crippen MR) is 439 cm³/mol. The Hall–Kier alpha value is -16.0. The van der Waals surface area contributed by atoms with Gasteiger partial charge in [-0.15, -0.1) is 0 Å². The molecule has 0 saturated carbocycles. The first-order valence-corrected chi connectivity index (χ1v) is 36.6. The van der Waals surface area contributed by atoms with Gasteiger partial charge in [0, 0.05) is 38.2 Å². The standard InChI is InChI=1S/C98H62N8O8/c1-101-79-41-33-70(34-42-79)74-36-44-81(91(55-74)106-88-47-39-77(97(109)113-60-65-19-10-4-11-20-65)52-84(88)85-53-78(40-48-89(85)106)98(110)114-61-66-21-12-5-13-22-66)94-103-92(71-31-29-69(30-32-71)72-24-14-23-67(49-72)57-100)102-93(104-94)80-43-35-73(68-27-25-62(56-99)26-28-68)54-90(80)105-86-45-37-75(95(107)111-58-63-15-6-2-7-16-63)50-82(86)83-51-76(38-46-87(83)105)96(108)112-59-64-17-8-3-9-18-64/h2-55H,58-61H2. The number of hydrogen-bond donors (Lipinski definition) is 0. The molecule has 0 N–H and O–H groups in total. The lowest BCUT2D eigenvalue weighted by atomic mass is 9.99. The Kier molecular flexibility index (Phi) is 19.5. The van der Waals surface area contributed by atoms with Crippen molar-refractivity contribution in [1.82, 2.24) is 24.1 Å². The van der Waals surface area contributed by atoms with Crippen molar-refractivity contribution in [2.75, 3.05) is 0 Å². The van der Waals surface area contributed by atoms with Crippen LogP contribution in [0.3, 0.4) is 0 Å². The van der Waals surface area contributed by atoms with Gasteiger partial charge in [0.15, 0.2) is 23.2 Å². The fourth-order valence-electron chi connectivity index (χ4n) is 14.3. The van der Waals surface area contributed by atoms with Gasteiger partial charge >= 0.3 is 23.9 Å². The van der Waals surface area contributed by atoms with Crippen LogP contribution in [0.2, 0.25) is 0 Å². The lowest BCUT2D eigenvalue weighted by Crippen LogP contribution is -2.07. The number of carbonyl (C=O) groups excluding carboxylic acids is 4. The van der Waals surface area contributed by atoms with E-state index in [-0.39, 0.29) is 66.2 Å². The summed E-state index contributed by atoms with van der Waals surface area (Å²) in [6, 6.07) is 105. The summed E-state index contributed by atoms with van der Waals surface area (Å²) in [5.41, 5.74) is 15.9. The summed E-state index contributed by atoms with van der Waals surface area (Å²) in [4.78, 5) is 77.6. The Balaban J connectivity index is 0.899. The molecule has 3 heterocycles. The molecule has 0 bridgehead atoms. The third-order valence-electron chi connectivity index (χ3n) is 20.1. The van der Waals surface area contributed by atoms with Crippen molar-refractivity contribution < 1.29 is 38.1 Å². The molecule has 542 valence electrons. The summed E-state index contributed by atoms with van der Waals surface area (Å²) in [5.74, 6) is -1.50. The molecule has 0 aliphatic heterocycles. The Bertz CT molecular complexity index is 6180. The zero-order chi connectivity index (χ0) is 77.6. The summed E-state index contributed by atoms with van der Waals surface area (Å²) in [6.07, 6.45) is 0. The van der Waals surface area contributed by atoms with Gasteiger partial charge in [-0.25, -0.2) is 39.0 Å². The normalized spacial score (nSPS) is 11.1. The molecule has 114 heavy (non-hydrogen) atoms. The van der Waals surface area contributed by atoms with Gasteiger partial charge in [-0.3, -0.25) is 0 Å². The molecule has 0 aliphatic rings. The van der Waals surface area contributed by atoms with Crippen molar-refractivity contribution >= 4 is 73.2 Å². The number of aromatic nitrogens is 5. The predicted octanol–water partition coefficient (Wildman–Crippen LogP) is 21.8. The number of hydrogen-bond acceptors (Lipinski definition) is 13. The van der Waals surface area contributed by atoms with Gasteiger partial charge in [0.25, 0.3) is 0 Å². The maximum absolute atomic E-state index is 14.3. The Morgan fingerprint density at radius 3 is 0.974 bits per heavy atom. The molecule has 0 spiro atoms. The summed E-state index contributed by atoms with van der Waals surface area (Å²) in [5, 5.41) is 22.4. The summed E-state index contributed by atoms with van der Waals surface area (Å²) < 4.78 is 28.0. The second-order valence-corrected chi connectivity index (χ2v) is 27.2. The molecule has 0 unspecified atom stereocenters. The van der Waals surface area contributed by atoms with Crippen molar-refractivity contribution in [3.63, 3.8) is 0 Å². The highest BCUT2D eigenvalue weighted by Crippen LogP contribution is 2.43. The molecule has 0 radical (unpaired) electrons. The van der Waals surface area contributed by atoms with Crippen LogP contribution in [-0.4, -0.2) is 48.0 Å². The Labute approximate surface area is 654 Å². The van der Waals surface area contributed by atoms with E-state index in [1.165, 1.54) is 0 Å². The Morgan fingerprint density at radius 1 is 0.307 bits per heavy atom. The second-order valence-electron chi connectivity index (χ2n) is 27.2. The first-order valence-electron chi connectivity index (χ1n) is 36.6. The smallest absolute Gasteiger partial charge is 0.338 e. The molecule has 0 saturated heterocycles. The van der Waals surface area contributed by atoms with E-state index in [9.17, 15) is 29.7 Å². The molecule has 3 aromatic heterocycles. The van der Waals surface area contributed by atoms with Crippen LogP contribution < -0.4 is 0 Å². The monoisotopic (exact) mass is 1480 g/mol. The average molecular weight is 1480 g/mol. The minimum Gasteiger partial charge on any atom is -0.457 e. The summed E-state index contributed by atoms with van der Waals surface area (Å²) >= 11 is 0. The maximum atomic E-state index is 14.3. The number of nitriles is 2. The molecule has 17 rings (SSSR count). The van der Waals surface area contributed by atoms with Crippen LogP contribution in [0, 0.1) is 29.2 Å². The van der Waals surface area contributed by atoms with Gasteiger partial charge in [0.2, 0.25) is 0 Å². The number of carbonyl (C=O) groups is 4. The SMILES string of the molecule is [C-]#[N+]c1ccc(-c2ccc(-c3nc(-c4ccc(-c5cccc(C#N)c5)cc4)nc(-c4ccc(-c5ccc(C#N)cc5)cc4-n4c5ccc(C(=O)OCc6ccccc6)cc5c5cc(C(=O)OCc6ccccc6)ccc54)n3)c(-n3c4ccc(C(=O)OCc5ccccc5)cc4c4cc(C(=O)OCc5ccccc5)ccc43)c2)cc1. The summed E-state index contributed by atoms with van der Waals surface area (Å²) in [7, 11) is 0. The third-order valence-corrected chi connectivity index (χ3v) is 20.1. The van der Waals surface area contributed by atoms with Crippen molar-refractivity contribution in [2.24, 2.45) is 0 Å². The minimum atomic E-state index is -0.559. The van der Waals surface area contributed by atoms with Crippen LogP contribution in [0.1, 0.15) is 74.8 Å². The topological polar surface area (TPSA) is 206 Å². The zero-order valence-electron chi connectivity index (χ0n) is 60.8. The van der Waals surface area contributed by atoms with Crippen molar-refractivity contribution in [3.05, 3.63) is 395 Å². The van der Waals surface area contributed by atoms with Crippen LogP contribution in [0.15, 0.2) is 328 Å². The van der Waals surface area contributed by atoms with Crippen LogP contribution in [0.4, 0.5) is 5.69 Å². The van der Waals surface area contributed by atoms with E-state index in [4.69, 9.17) is 40.5 Å². The lowest BCUT2D eigenvalue weighted by molar-refractivity contribution is 0.0464. The molecule has 14 aromatic carbocycles. The highest BCUT2D eigenvalue weighted by Gasteiger charge is 2.27. The van der Waals surface area contributed by atoms with Gasteiger partial charge in [0.1, 0.15) is 26.4 Å². The van der Waals surface area contributed by atoms with Crippen LogP contribution in [0.5, 0.6) is 0 Å².